The molecule has 4 aromatic rings. The molecular formula is C30H30N2O4. The number of methoxy groups -OCH3 is 1. The summed E-state index contributed by atoms with van der Waals surface area (Å²) >= 11 is 0. The number of pyridine rings is 1. The van der Waals surface area contributed by atoms with Gasteiger partial charge in [-0.05, 0) is 42.2 Å². The van der Waals surface area contributed by atoms with Gasteiger partial charge in [-0.25, -0.2) is 4.79 Å². The third kappa shape index (κ3) is 4.59. The van der Waals surface area contributed by atoms with E-state index in [9.17, 15) is 9.59 Å². The molecule has 1 fully saturated rings. The van der Waals surface area contributed by atoms with E-state index in [-0.39, 0.29) is 24.2 Å². The number of fused-ring (bicyclic) bond motifs is 1. The Kier molecular flexibility index (Phi) is 6.76. The highest BCUT2D eigenvalue weighted by Crippen LogP contribution is 2.39. The topological polar surface area (TPSA) is 60.8 Å². The summed E-state index contributed by atoms with van der Waals surface area (Å²) in [5.74, 6) is 0.695. The lowest BCUT2D eigenvalue weighted by atomic mass is 9.86. The Balaban J connectivity index is 1.54. The quantitative estimate of drug-likeness (QED) is 0.364. The van der Waals surface area contributed by atoms with Gasteiger partial charge in [0, 0.05) is 48.1 Å². The number of nitrogens with zero attached hydrogens (tertiary/aromatic N) is 2. The van der Waals surface area contributed by atoms with Crippen molar-refractivity contribution in [3.05, 3.63) is 100 Å². The second kappa shape index (κ2) is 10.3. The molecule has 5 rings (SSSR count). The number of ether oxygens (including phenoxy) is 2. The van der Waals surface area contributed by atoms with Gasteiger partial charge in [0.2, 0.25) is 0 Å². The van der Waals surface area contributed by atoms with E-state index in [1.165, 1.54) is 0 Å². The van der Waals surface area contributed by atoms with Gasteiger partial charge in [0.15, 0.2) is 0 Å². The molecule has 1 saturated heterocycles. The van der Waals surface area contributed by atoms with Crippen LogP contribution in [-0.2, 0) is 18.4 Å². The van der Waals surface area contributed by atoms with Crippen molar-refractivity contribution < 1.29 is 14.3 Å². The largest absolute Gasteiger partial charge is 0.497 e. The number of hydrogen-bond acceptors (Lipinski definition) is 4. The Hall–Kier alpha value is -4.06. The average molecular weight is 483 g/mol. The maximum atomic E-state index is 13.5. The number of piperidine rings is 1. The number of rotatable bonds is 5. The van der Waals surface area contributed by atoms with E-state index < -0.39 is 0 Å². The predicted octanol–water partition coefficient (Wildman–Crippen LogP) is 5.73. The molecule has 3 aromatic carbocycles. The lowest BCUT2D eigenvalue weighted by Crippen LogP contribution is -2.40. The van der Waals surface area contributed by atoms with Crippen molar-refractivity contribution in [2.75, 3.05) is 20.2 Å². The number of benzene rings is 3. The van der Waals surface area contributed by atoms with Crippen LogP contribution in [-0.4, -0.2) is 35.8 Å². The third-order valence-corrected chi connectivity index (χ3v) is 6.98. The van der Waals surface area contributed by atoms with Gasteiger partial charge in [0.25, 0.3) is 5.56 Å². The van der Waals surface area contributed by atoms with Gasteiger partial charge in [0.05, 0.1) is 7.11 Å². The normalized spacial score (nSPS) is 15.6. The SMILES string of the molecule is COc1ccc2c(=O)n(C)c(C3CCCN(C(=O)OCc4ccccc4)C3)c(-c3ccccc3)c2c1. The van der Waals surface area contributed by atoms with Gasteiger partial charge in [-0.15, -0.1) is 0 Å². The van der Waals surface area contributed by atoms with Gasteiger partial charge in [-0.2, -0.15) is 0 Å². The summed E-state index contributed by atoms with van der Waals surface area (Å²) in [7, 11) is 3.46. The molecule has 1 aliphatic heterocycles. The van der Waals surface area contributed by atoms with Gasteiger partial charge < -0.3 is 18.9 Å². The molecule has 184 valence electrons. The first-order chi connectivity index (χ1) is 17.6. The lowest BCUT2D eigenvalue weighted by Gasteiger charge is -2.34. The molecule has 1 unspecified atom stereocenters. The first kappa shape index (κ1) is 23.7. The van der Waals surface area contributed by atoms with Crippen LogP contribution in [0.2, 0.25) is 0 Å². The number of likely N-dealkylation sites (tertiary alicyclic amines) is 1. The van der Waals surface area contributed by atoms with Gasteiger partial charge in [-0.1, -0.05) is 60.7 Å². The molecule has 1 atom stereocenters. The van der Waals surface area contributed by atoms with Crippen LogP contribution in [0.25, 0.3) is 21.9 Å². The molecule has 1 aliphatic rings. The summed E-state index contributed by atoms with van der Waals surface area (Å²) in [6.07, 6.45) is 1.40. The zero-order valence-electron chi connectivity index (χ0n) is 20.6. The van der Waals surface area contributed by atoms with Crippen LogP contribution in [0.5, 0.6) is 5.75 Å². The second-order valence-electron chi connectivity index (χ2n) is 9.23. The summed E-state index contributed by atoms with van der Waals surface area (Å²) in [6, 6.07) is 25.4. The number of amides is 1. The molecule has 0 radical (unpaired) electrons. The minimum absolute atomic E-state index is 0.00784. The van der Waals surface area contributed by atoms with E-state index in [1.54, 1.807) is 16.6 Å². The van der Waals surface area contributed by atoms with E-state index in [0.717, 1.165) is 40.6 Å². The molecule has 6 nitrogen and oxygen atoms in total. The molecular weight excluding hydrogens is 452 g/mol. The van der Waals surface area contributed by atoms with E-state index in [4.69, 9.17) is 9.47 Å². The van der Waals surface area contributed by atoms with Crippen LogP contribution in [0.4, 0.5) is 4.79 Å². The van der Waals surface area contributed by atoms with Crippen LogP contribution < -0.4 is 10.3 Å². The summed E-state index contributed by atoms with van der Waals surface area (Å²) in [5.41, 5.74) is 3.89. The monoisotopic (exact) mass is 482 g/mol. The molecule has 6 heteroatoms. The number of carbonyl (C=O) groups excluding carboxylic acids is 1. The molecule has 36 heavy (non-hydrogen) atoms. The first-order valence-electron chi connectivity index (χ1n) is 12.3. The molecule has 1 amide bonds. The molecule has 0 N–H and O–H groups in total. The van der Waals surface area contributed by atoms with Crippen LogP contribution in [0.15, 0.2) is 83.7 Å². The third-order valence-electron chi connectivity index (χ3n) is 6.98. The van der Waals surface area contributed by atoms with Gasteiger partial charge >= 0.3 is 6.09 Å². The van der Waals surface area contributed by atoms with E-state index >= 15 is 0 Å². The highest BCUT2D eigenvalue weighted by atomic mass is 16.6. The Bertz CT molecular complexity index is 1430. The van der Waals surface area contributed by atoms with Crippen LogP contribution in [0.3, 0.4) is 0 Å². The van der Waals surface area contributed by atoms with Crippen molar-refractivity contribution in [2.45, 2.75) is 25.4 Å². The van der Waals surface area contributed by atoms with Crippen molar-refractivity contribution >= 4 is 16.9 Å². The second-order valence-corrected chi connectivity index (χ2v) is 9.23. The summed E-state index contributed by atoms with van der Waals surface area (Å²) in [6.45, 7) is 1.38. The molecule has 0 spiro atoms. The molecule has 1 aromatic heterocycles. The highest BCUT2D eigenvalue weighted by molar-refractivity contribution is 5.98. The highest BCUT2D eigenvalue weighted by Gasteiger charge is 2.30. The smallest absolute Gasteiger partial charge is 0.410 e. The van der Waals surface area contributed by atoms with Crippen LogP contribution in [0, 0.1) is 0 Å². The van der Waals surface area contributed by atoms with Crippen molar-refractivity contribution in [3.8, 4) is 16.9 Å². The minimum Gasteiger partial charge on any atom is -0.497 e. The standard InChI is InChI=1S/C30H30N2O4/c1-31-28(23-14-9-17-32(19-23)30(34)36-20-21-10-5-3-6-11-21)27(22-12-7-4-8-13-22)26-18-24(35-2)15-16-25(26)29(31)33/h3-8,10-13,15-16,18,23H,9,14,17,19-20H2,1-2H3. The van der Waals surface area contributed by atoms with Crippen molar-refractivity contribution in [3.63, 3.8) is 0 Å². The maximum absolute atomic E-state index is 13.5. The summed E-state index contributed by atoms with van der Waals surface area (Å²) in [5, 5.41) is 1.51. The zero-order chi connectivity index (χ0) is 25.1. The Morgan fingerprint density at radius 3 is 2.42 bits per heavy atom. The molecule has 0 aliphatic carbocycles. The fraction of sp³-hybridized carbons (Fsp3) is 0.267. The summed E-state index contributed by atoms with van der Waals surface area (Å²) in [4.78, 5) is 28.2. The van der Waals surface area contributed by atoms with Crippen molar-refractivity contribution in [2.24, 2.45) is 7.05 Å². The minimum atomic E-state index is -0.322. The fourth-order valence-electron chi connectivity index (χ4n) is 5.20. The number of hydrogen-bond donors (Lipinski definition) is 0. The van der Waals surface area contributed by atoms with Crippen molar-refractivity contribution in [1.29, 1.82) is 0 Å². The Morgan fingerprint density at radius 2 is 1.69 bits per heavy atom. The van der Waals surface area contributed by atoms with E-state index in [1.807, 2.05) is 73.8 Å². The van der Waals surface area contributed by atoms with Gasteiger partial charge in [-0.3, -0.25) is 4.79 Å². The predicted molar refractivity (Wildman–Crippen MR) is 141 cm³/mol. The van der Waals surface area contributed by atoms with Crippen molar-refractivity contribution in [1.82, 2.24) is 9.47 Å². The lowest BCUT2D eigenvalue weighted by molar-refractivity contribution is 0.0854. The van der Waals surface area contributed by atoms with E-state index in [2.05, 4.69) is 12.1 Å². The summed E-state index contributed by atoms with van der Waals surface area (Å²) < 4.78 is 12.9. The first-order valence-corrected chi connectivity index (χ1v) is 12.3. The fourth-order valence-corrected chi connectivity index (χ4v) is 5.20. The van der Waals surface area contributed by atoms with Crippen LogP contribution in [0.1, 0.15) is 30.0 Å². The average Bonchev–Trinajstić information content (AvgIpc) is 2.94. The Morgan fingerprint density at radius 1 is 0.972 bits per heavy atom. The molecule has 0 bridgehead atoms. The molecule has 0 saturated carbocycles. The zero-order valence-corrected chi connectivity index (χ0v) is 20.6. The number of aromatic nitrogens is 1. The Labute approximate surface area is 210 Å². The molecule has 2 heterocycles. The van der Waals surface area contributed by atoms with Gasteiger partial charge in [0.1, 0.15) is 12.4 Å². The van der Waals surface area contributed by atoms with Crippen LogP contribution >= 0.6 is 0 Å². The number of carbonyl (C=O) groups is 1. The van der Waals surface area contributed by atoms with E-state index in [0.29, 0.717) is 24.2 Å². The maximum Gasteiger partial charge on any atom is 0.410 e.